The van der Waals surface area contributed by atoms with Crippen LogP contribution in [0.5, 0.6) is 0 Å². The van der Waals surface area contributed by atoms with Crippen LogP contribution in [-0.4, -0.2) is 0 Å². The Morgan fingerprint density at radius 2 is 1.92 bits per heavy atom. The number of hydrogen-bond donors (Lipinski definition) is 0. The Hall–Kier alpha value is 1.81. The van der Waals surface area contributed by atoms with Gasteiger partial charge in [-0.1, -0.05) is 32.1 Å². The zero-order valence-electron chi connectivity index (χ0n) is 8.72. The minimum Gasteiger partial charge on any atom is -0.328 e. The van der Waals surface area contributed by atoms with Crippen LogP contribution < -0.4 is 58.2 Å². The van der Waals surface area contributed by atoms with Gasteiger partial charge in [-0.15, -0.1) is 0 Å². The van der Waals surface area contributed by atoms with E-state index in [1.54, 1.807) is 6.42 Å². The number of fused-ring (bicyclic) bond motifs is 2. The van der Waals surface area contributed by atoms with Crippen LogP contribution in [0.3, 0.4) is 0 Å². The summed E-state index contributed by atoms with van der Waals surface area (Å²) in [5.74, 6) is 4.12. The molecule has 64 valence electrons. The Balaban J connectivity index is 0.000000720. The molecule has 0 heterocycles. The van der Waals surface area contributed by atoms with Crippen molar-refractivity contribution in [3.8, 4) is 0 Å². The molecule has 1 heteroatoms. The van der Waals surface area contributed by atoms with E-state index in [9.17, 15) is 0 Å². The van der Waals surface area contributed by atoms with Gasteiger partial charge in [-0.2, -0.15) is 12.8 Å². The number of hydrogen-bond acceptors (Lipinski definition) is 0. The Morgan fingerprint density at radius 1 is 1.17 bits per heavy atom. The number of rotatable bonds is 1. The normalized spacial score (nSPS) is 39.8. The summed E-state index contributed by atoms with van der Waals surface area (Å²) in [6.07, 6.45) is 8.43. The molecule has 0 amide bonds. The fraction of sp³-hybridized carbons (Fsp3) is 0.909. The maximum Gasteiger partial charge on any atom is 1.00 e. The van der Waals surface area contributed by atoms with Crippen molar-refractivity contribution in [3.05, 3.63) is 6.42 Å². The van der Waals surface area contributed by atoms with Crippen LogP contribution in [0.15, 0.2) is 0 Å². The summed E-state index contributed by atoms with van der Waals surface area (Å²) in [5.41, 5.74) is 0. The molecule has 0 aromatic carbocycles. The molecule has 3 atom stereocenters. The van der Waals surface area contributed by atoms with Crippen molar-refractivity contribution in [2.24, 2.45) is 23.7 Å². The second-order valence-electron chi connectivity index (χ2n) is 4.77. The third-order valence-electron chi connectivity index (χ3n) is 3.67. The molecular formula is C11H19Rb. The van der Waals surface area contributed by atoms with Gasteiger partial charge >= 0.3 is 58.2 Å². The van der Waals surface area contributed by atoms with E-state index in [4.69, 9.17) is 0 Å². The first-order chi connectivity index (χ1) is 5.27. The van der Waals surface area contributed by atoms with Crippen LogP contribution in [0.1, 0.15) is 39.5 Å². The molecule has 2 aliphatic rings. The van der Waals surface area contributed by atoms with Crippen molar-refractivity contribution < 1.29 is 58.2 Å². The Kier molecular flexibility index (Phi) is 4.99. The van der Waals surface area contributed by atoms with E-state index < -0.39 is 0 Å². The summed E-state index contributed by atoms with van der Waals surface area (Å²) in [5, 5.41) is 0. The third kappa shape index (κ3) is 2.43. The molecule has 0 aromatic rings. The molecule has 2 aliphatic carbocycles. The predicted octanol–water partition coefficient (Wildman–Crippen LogP) is 0.287. The van der Waals surface area contributed by atoms with Gasteiger partial charge in [0.05, 0.1) is 0 Å². The zero-order valence-corrected chi connectivity index (χ0v) is 13.6. The van der Waals surface area contributed by atoms with Crippen LogP contribution in [0, 0.1) is 30.1 Å². The van der Waals surface area contributed by atoms with Gasteiger partial charge < -0.3 is 6.42 Å². The van der Waals surface area contributed by atoms with Gasteiger partial charge in [0, 0.05) is 0 Å². The fourth-order valence-corrected chi connectivity index (χ4v) is 3.10. The third-order valence-corrected chi connectivity index (χ3v) is 3.67. The summed E-state index contributed by atoms with van der Waals surface area (Å²) >= 11 is 0. The van der Waals surface area contributed by atoms with Crippen LogP contribution in [0.2, 0.25) is 0 Å². The Labute approximate surface area is 126 Å². The minimum atomic E-state index is 0. The summed E-state index contributed by atoms with van der Waals surface area (Å²) in [4.78, 5) is 0. The van der Waals surface area contributed by atoms with Crippen molar-refractivity contribution in [3.63, 3.8) is 0 Å². The molecular weight excluding hydrogens is 218 g/mol. The van der Waals surface area contributed by atoms with Gasteiger partial charge in [-0.3, -0.25) is 0 Å². The summed E-state index contributed by atoms with van der Waals surface area (Å²) < 4.78 is 0. The Bertz CT molecular complexity index is 142. The molecule has 2 bridgehead atoms. The first kappa shape index (κ1) is 11.9. The molecule has 0 N–H and O–H groups in total. The average Bonchev–Trinajstić information content (AvgIpc) is 2.27. The summed E-state index contributed by atoms with van der Waals surface area (Å²) in [7, 11) is 0. The fourth-order valence-electron chi connectivity index (χ4n) is 3.10. The molecule has 0 saturated heterocycles. The molecule has 12 heavy (non-hydrogen) atoms. The van der Waals surface area contributed by atoms with E-state index in [-0.39, 0.29) is 58.2 Å². The van der Waals surface area contributed by atoms with Gasteiger partial charge in [0.15, 0.2) is 0 Å². The molecule has 2 saturated carbocycles. The maximum atomic E-state index is 2.53. The summed E-state index contributed by atoms with van der Waals surface area (Å²) in [6, 6.07) is 0. The Morgan fingerprint density at radius 3 is 2.50 bits per heavy atom. The van der Waals surface area contributed by atoms with Crippen molar-refractivity contribution in [2.45, 2.75) is 39.5 Å². The molecule has 2 rings (SSSR count). The van der Waals surface area contributed by atoms with Gasteiger partial charge in [0.25, 0.3) is 0 Å². The summed E-state index contributed by atoms with van der Waals surface area (Å²) in [6.45, 7) is 4.79. The molecule has 0 nitrogen and oxygen atoms in total. The molecule has 3 unspecified atom stereocenters. The maximum absolute atomic E-state index is 2.53. The van der Waals surface area contributed by atoms with E-state index in [0.29, 0.717) is 0 Å². The van der Waals surface area contributed by atoms with E-state index in [0.717, 1.165) is 23.7 Å². The van der Waals surface area contributed by atoms with Crippen LogP contribution in [0.25, 0.3) is 0 Å². The molecule has 0 radical (unpaired) electrons. The molecule has 0 spiro atoms. The molecule has 2 fully saturated rings. The van der Waals surface area contributed by atoms with Crippen molar-refractivity contribution in [1.82, 2.24) is 0 Å². The molecule has 0 aromatic heterocycles. The van der Waals surface area contributed by atoms with E-state index in [1.807, 2.05) is 0 Å². The standard InChI is InChI=1S/C11H19.Rb/c1-8(2)11-7-9-4-3-5-10(11)6-9;/h3,8-11H,4-7H2,1-2H3;/q-1;+1. The first-order valence-electron chi connectivity index (χ1n) is 5.09. The van der Waals surface area contributed by atoms with Crippen LogP contribution in [0.4, 0.5) is 0 Å². The van der Waals surface area contributed by atoms with Gasteiger partial charge in [-0.05, 0) is 18.3 Å². The van der Waals surface area contributed by atoms with Crippen molar-refractivity contribution in [1.29, 1.82) is 0 Å². The minimum absolute atomic E-state index is 0. The van der Waals surface area contributed by atoms with E-state index in [1.165, 1.54) is 19.3 Å². The van der Waals surface area contributed by atoms with Gasteiger partial charge in [0.1, 0.15) is 0 Å². The second kappa shape index (κ2) is 5.05. The predicted molar refractivity (Wildman–Crippen MR) is 48.1 cm³/mol. The van der Waals surface area contributed by atoms with E-state index >= 15 is 0 Å². The SMILES string of the molecule is CC(C)C1CC2C[CH-]CC1C2.[Rb+]. The van der Waals surface area contributed by atoms with Gasteiger partial charge in [-0.25, -0.2) is 0 Å². The first-order valence-corrected chi connectivity index (χ1v) is 5.09. The van der Waals surface area contributed by atoms with E-state index in [2.05, 4.69) is 20.3 Å². The van der Waals surface area contributed by atoms with Gasteiger partial charge in [0.2, 0.25) is 0 Å². The van der Waals surface area contributed by atoms with Crippen molar-refractivity contribution in [2.75, 3.05) is 0 Å². The average molecular weight is 237 g/mol. The topological polar surface area (TPSA) is 0 Å². The van der Waals surface area contributed by atoms with Crippen LogP contribution >= 0.6 is 0 Å². The second-order valence-corrected chi connectivity index (χ2v) is 4.77. The quantitative estimate of drug-likeness (QED) is 0.574. The molecule has 0 aliphatic heterocycles. The zero-order chi connectivity index (χ0) is 7.84. The largest absolute Gasteiger partial charge is 1.00 e. The smallest absolute Gasteiger partial charge is 0.328 e. The van der Waals surface area contributed by atoms with Crippen molar-refractivity contribution >= 4 is 0 Å². The monoisotopic (exact) mass is 236 g/mol. The van der Waals surface area contributed by atoms with Crippen LogP contribution in [-0.2, 0) is 0 Å².